The maximum atomic E-state index is 12.5. The van der Waals surface area contributed by atoms with E-state index in [0.717, 1.165) is 12.1 Å². The summed E-state index contributed by atoms with van der Waals surface area (Å²) in [7, 11) is 0. The molecule has 92 valence electrons. The lowest BCUT2D eigenvalue weighted by atomic mass is 9.89. The molecular weight excluding hydrogens is 233 g/mol. The summed E-state index contributed by atoms with van der Waals surface area (Å²) in [6, 6.07) is 3.29. The number of nitrogens with one attached hydrogen (secondary N) is 1. The van der Waals surface area contributed by atoms with Gasteiger partial charge >= 0.3 is 6.18 Å². The zero-order valence-corrected chi connectivity index (χ0v) is 8.84. The van der Waals surface area contributed by atoms with E-state index in [4.69, 9.17) is 5.73 Å². The number of hydrogen-bond acceptors (Lipinski definition) is 2. The molecule has 0 bridgehead atoms. The molecular formula is C11H11F3N2O. The Labute approximate surface area is 95.8 Å². The normalized spacial score (nSPS) is 19.8. The number of alkyl halides is 3. The Hall–Kier alpha value is -1.56. The highest BCUT2D eigenvalue weighted by atomic mass is 19.4. The van der Waals surface area contributed by atoms with Crippen LogP contribution in [0.5, 0.6) is 0 Å². The average molecular weight is 244 g/mol. The van der Waals surface area contributed by atoms with Crippen LogP contribution in [0.1, 0.15) is 23.5 Å². The molecule has 0 fully saturated rings. The van der Waals surface area contributed by atoms with Crippen molar-refractivity contribution in [3.8, 4) is 0 Å². The van der Waals surface area contributed by atoms with Crippen molar-refractivity contribution >= 4 is 11.6 Å². The van der Waals surface area contributed by atoms with E-state index in [2.05, 4.69) is 5.32 Å². The topological polar surface area (TPSA) is 55.1 Å². The predicted octanol–water partition coefficient (Wildman–Crippen LogP) is 2.09. The molecule has 0 saturated heterocycles. The number of benzene rings is 1. The molecule has 1 unspecified atom stereocenters. The lowest BCUT2D eigenvalue weighted by Crippen LogP contribution is -2.27. The fourth-order valence-electron chi connectivity index (χ4n) is 1.94. The van der Waals surface area contributed by atoms with Crippen LogP contribution < -0.4 is 11.1 Å². The SMILES string of the molecule is NCC1CC(=O)Nc2ccc(C(F)(F)F)cc21. The number of fused-ring (bicyclic) bond motifs is 1. The van der Waals surface area contributed by atoms with Gasteiger partial charge in [0.25, 0.3) is 0 Å². The van der Waals surface area contributed by atoms with E-state index in [1.807, 2.05) is 0 Å². The Kier molecular flexibility index (Phi) is 2.82. The summed E-state index contributed by atoms with van der Waals surface area (Å²) >= 11 is 0. The summed E-state index contributed by atoms with van der Waals surface area (Å²) in [5, 5.41) is 2.54. The number of amides is 1. The van der Waals surface area contributed by atoms with Crippen molar-refractivity contribution in [3.05, 3.63) is 29.3 Å². The van der Waals surface area contributed by atoms with Gasteiger partial charge in [-0.1, -0.05) is 0 Å². The Balaban J connectivity index is 2.46. The van der Waals surface area contributed by atoms with E-state index in [0.29, 0.717) is 11.3 Å². The molecule has 3 N–H and O–H groups in total. The molecule has 2 rings (SSSR count). The van der Waals surface area contributed by atoms with Crippen LogP contribution >= 0.6 is 0 Å². The summed E-state index contributed by atoms with van der Waals surface area (Å²) in [5.41, 5.74) is 5.64. The van der Waals surface area contributed by atoms with E-state index in [9.17, 15) is 18.0 Å². The van der Waals surface area contributed by atoms with E-state index in [1.54, 1.807) is 0 Å². The molecule has 0 radical (unpaired) electrons. The quantitative estimate of drug-likeness (QED) is 0.794. The van der Waals surface area contributed by atoms with Gasteiger partial charge in [0.05, 0.1) is 5.56 Å². The molecule has 1 amide bonds. The lowest BCUT2D eigenvalue weighted by molar-refractivity contribution is -0.137. The Morgan fingerprint density at radius 3 is 2.71 bits per heavy atom. The largest absolute Gasteiger partial charge is 0.416 e. The molecule has 1 heterocycles. The first-order valence-electron chi connectivity index (χ1n) is 5.13. The highest BCUT2D eigenvalue weighted by Gasteiger charge is 2.33. The smallest absolute Gasteiger partial charge is 0.330 e. The summed E-state index contributed by atoms with van der Waals surface area (Å²) in [6.45, 7) is 0.154. The highest BCUT2D eigenvalue weighted by Crippen LogP contribution is 2.37. The van der Waals surface area contributed by atoms with Gasteiger partial charge in [0.15, 0.2) is 0 Å². The first kappa shape index (κ1) is 11.9. The Morgan fingerprint density at radius 2 is 2.12 bits per heavy atom. The van der Waals surface area contributed by atoms with Crippen molar-refractivity contribution in [3.63, 3.8) is 0 Å². The van der Waals surface area contributed by atoms with Crippen molar-refractivity contribution in [1.82, 2.24) is 0 Å². The van der Waals surface area contributed by atoms with Gasteiger partial charge in [0, 0.05) is 18.0 Å². The zero-order chi connectivity index (χ0) is 12.6. The number of halogens is 3. The molecule has 0 spiro atoms. The summed E-state index contributed by atoms with van der Waals surface area (Å²) in [5.74, 6) is -0.561. The third-order valence-corrected chi connectivity index (χ3v) is 2.81. The molecule has 1 aromatic carbocycles. The molecule has 3 nitrogen and oxygen atoms in total. The third kappa shape index (κ3) is 2.26. The molecule has 1 atom stereocenters. The zero-order valence-electron chi connectivity index (χ0n) is 8.84. The Morgan fingerprint density at radius 1 is 1.41 bits per heavy atom. The maximum absolute atomic E-state index is 12.5. The molecule has 1 aromatic rings. The maximum Gasteiger partial charge on any atom is 0.416 e. The number of nitrogens with two attached hydrogens (primary N) is 1. The fourth-order valence-corrected chi connectivity index (χ4v) is 1.94. The second-order valence-electron chi connectivity index (χ2n) is 3.98. The molecule has 1 aliphatic heterocycles. The predicted molar refractivity (Wildman–Crippen MR) is 56.5 cm³/mol. The van der Waals surface area contributed by atoms with Crippen molar-refractivity contribution in [1.29, 1.82) is 0 Å². The van der Waals surface area contributed by atoms with Crippen LogP contribution in [0.2, 0.25) is 0 Å². The Bertz CT molecular complexity index is 457. The van der Waals surface area contributed by atoms with Crippen molar-refractivity contribution < 1.29 is 18.0 Å². The van der Waals surface area contributed by atoms with Gasteiger partial charge in [-0.25, -0.2) is 0 Å². The molecule has 6 heteroatoms. The number of hydrogen-bond donors (Lipinski definition) is 2. The second-order valence-corrected chi connectivity index (χ2v) is 3.98. The number of carbonyl (C=O) groups is 1. The van der Waals surface area contributed by atoms with Crippen LogP contribution in [0.4, 0.5) is 18.9 Å². The monoisotopic (exact) mass is 244 g/mol. The second kappa shape index (κ2) is 4.03. The van der Waals surface area contributed by atoms with E-state index in [-0.39, 0.29) is 24.8 Å². The number of anilines is 1. The molecule has 0 aliphatic carbocycles. The molecule has 17 heavy (non-hydrogen) atoms. The first-order valence-corrected chi connectivity index (χ1v) is 5.13. The van der Waals surface area contributed by atoms with Gasteiger partial charge in [-0.3, -0.25) is 4.79 Å². The lowest BCUT2D eigenvalue weighted by Gasteiger charge is -2.25. The van der Waals surface area contributed by atoms with E-state index < -0.39 is 11.7 Å². The van der Waals surface area contributed by atoms with Crippen molar-refractivity contribution in [2.24, 2.45) is 5.73 Å². The fraction of sp³-hybridized carbons (Fsp3) is 0.364. The van der Waals surface area contributed by atoms with Gasteiger partial charge < -0.3 is 11.1 Å². The summed E-state index contributed by atoms with van der Waals surface area (Å²) in [6.07, 6.45) is -4.25. The summed E-state index contributed by atoms with van der Waals surface area (Å²) < 4.78 is 37.6. The minimum atomic E-state index is -4.38. The molecule has 1 aliphatic rings. The van der Waals surface area contributed by atoms with Gasteiger partial charge in [-0.15, -0.1) is 0 Å². The number of carbonyl (C=O) groups excluding carboxylic acids is 1. The summed E-state index contributed by atoms with van der Waals surface area (Å²) in [4.78, 5) is 11.3. The third-order valence-electron chi connectivity index (χ3n) is 2.81. The number of rotatable bonds is 1. The standard InChI is InChI=1S/C11H11F3N2O/c12-11(13,14)7-1-2-9-8(4-7)6(5-15)3-10(17)16-9/h1-2,4,6H,3,5,15H2,(H,16,17). The van der Waals surface area contributed by atoms with Crippen molar-refractivity contribution in [2.75, 3.05) is 11.9 Å². The minimum Gasteiger partial charge on any atom is -0.330 e. The highest BCUT2D eigenvalue weighted by molar-refractivity contribution is 5.94. The van der Waals surface area contributed by atoms with E-state index >= 15 is 0 Å². The van der Waals surface area contributed by atoms with Gasteiger partial charge in [0.1, 0.15) is 0 Å². The van der Waals surface area contributed by atoms with Crippen LogP contribution in [0.15, 0.2) is 18.2 Å². The van der Waals surface area contributed by atoms with Gasteiger partial charge in [0.2, 0.25) is 5.91 Å². The van der Waals surface area contributed by atoms with Gasteiger partial charge in [-0.2, -0.15) is 13.2 Å². The van der Waals surface area contributed by atoms with Crippen LogP contribution in [0, 0.1) is 0 Å². The van der Waals surface area contributed by atoms with Crippen molar-refractivity contribution in [2.45, 2.75) is 18.5 Å². The molecule has 0 aromatic heterocycles. The van der Waals surface area contributed by atoms with Crippen LogP contribution in [-0.4, -0.2) is 12.5 Å². The van der Waals surface area contributed by atoms with Crippen LogP contribution in [-0.2, 0) is 11.0 Å². The van der Waals surface area contributed by atoms with Crippen LogP contribution in [0.25, 0.3) is 0 Å². The average Bonchev–Trinajstić information content (AvgIpc) is 2.25. The molecule has 0 saturated carbocycles. The van der Waals surface area contributed by atoms with E-state index in [1.165, 1.54) is 6.07 Å². The minimum absolute atomic E-state index is 0.130. The van der Waals surface area contributed by atoms with Gasteiger partial charge in [-0.05, 0) is 30.3 Å². The first-order chi connectivity index (χ1) is 7.91. The van der Waals surface area contributed by atoms with Crippen LogP contribution in [0.3, 0.4) is 0 Å².